The topological polar surface area (TPSA) is 71.1 Å². The zero-order chi connectivity index (χ0) is 22.2. The number of fused-ring (bicyclic) bond motifs is 1. The van der Waals surface area contributed by atoms with Crippen LogP contribution in [0.1, 0.15) is 35.7 Å². The molecule has 0 radical (unpaired) electrons. The summed E-state index contributed by atoms with van der Waals surface area (Å²) < 4.78 is 21.6. The molecule has 0 saturated carbocycles. The number of ketones is 1. The Bertz CT molecular complexity index is 1070. The van der Waals surface area contributed by atoms with Crippen LogP contribution in [0.2, 0.25) is 0 Å². The van der Waals surface area contributed by atoms with Crippen molar-refractivity contribution in [3.05, 3.63) is 65.7 Å². The standard InChI is InChI=1S/C25H26O6/c1-17(26)19-9-11-23(24(15-19)29-3)30-12-4-5-25(27)31-16-18-6-7-21-14-22(28-2)10-8-20(21)13-18/h6-11,13-15H,4-5,12,16H2,1-3H3. The summed E-state index contributed by atoms with van der Waals surface area (Å²) in [6, 6.07) is 16.8. The molecule has 0 aromatic heterocycles. The normalized spacial score (nSPS) is 10.5. The fourth-order valence-electron chi connectivity index (χ4n) is 3.13. The maximum Gasteiger partial charge on any atom is 0.306 e. The Morgan fingerprint density at radius 3 is 2.35 bits per heavy atom. The predicted octanol–water partition coefficient (Wildman–Crippen LogP) is 4.96. The first-order valence-corrected chi connectivity index (χ1v) is 10.0. The lowest BCUT2D eigenvalue weighted by Crippen LogP contribution is -2.08. The van der Waals surface area contributed by atoms with Gasteiger partial charge < -0.3 is 18.9 Å². The molecule has 0 unspecified atom stereocenters. The van der Waals surface area contributed by atoms with Crippen molar-refractivity contribution in [2.75, 3.05) is 20.8 Å². The monoisotopic (exact) mass is 422 g/mol. The molecule has 0 aliphatic heterocycles. The van der Waals surface area contributed by atoms with Crippen molar-refractivity contribution in [3.8, 4) is 17.2 Å². The quantitative estimate of drug-likeness (QED) is 0.261. The molecule has 0 amide bonds. The zero-order valence-electron chi connectivity index (χ0n) is 18.0. The Morgan fingerprint density at radius 2 is 1.61 bits per heavy atom. The third kappa shape index (κ3) is 5.98. The van der Waals surface area contributed by atoms with Gasteiger partial charge in [0, 0.05) is 12.0 Å². The van der Waals surface area contributed by atoms with E-state index in [1.54, 1.807) is 25.3 Å². The van der Waals surface area contributed by atoms with Gasteiger partial charge in [-0.25, -0.2) is 0 Å². The lowest BCUT2D eigenvalue weighted by molar-refractivity contribution is -0.145. The van der Waals surface area contributed by atoms with Crippen LogP contribution >= 0.6 is 0 Å². The van der Waals surface area contributed by atoms with E-state index in [2.05, 4.69) is 0 Å². The van der Waals surface area contributed by atoms with E-state index in [1.165, 1.54) is 14.0 Å². The van der Waals surface area contributed by atoms with Crippen molar-refractivity contribution in [1.82, 2.24) is 0 Å². The first-order valence-electron chi connectivity index (χ1n) is 10.0. The van der Waals surface area contributed by atoms with E-state index < -0.39 is 0 Å². The molecule has 0 fully saturated rings. The Kier molecular flexibility index (Phi) is 7.49. The highest BCUT2D eigenvalue weighted by molar-refractivity contribution is 5.94. The van der Waals surface area contributed by atoms with Gasteiger partial charge in [0.05, 0.1) is 20.8 Å². The van der Waals surface area contributed by atoms with Crippen LogP contribution < -0.4 is 14.2 Å². The summed E-state index contributed by atoms with van der Waals surface area (Å²) in [7, 11) is 3.16. The van der Waals surface area contributed by atoms with E-state index in [4.69, 9.17) is 18.9 Å². The molecule has 0 spiro atoms. The molecule has 3 aromatic rings. The Labute approximate surface area is 181 Å². The van der Waals surface area contributed by atoms with Crippen LogP contribution in [0.15, 0.2) is 54.6 Å². The summed E-state index contributed by atoms with van der Waals surface area (Å²) >= 11 is 0. The Balaban J connectivity index is 1.44. The number of carbonyl (C=O) groups excluding carboxylic acids is 2. The summed E-state index contributed by atoms with van der Waals surface area (Å²) in [5.41, 5.74) is 1.48. The maximum atomic E-state index is 12.1. The highest BCUT2D eigenvalue weighted by Gasteiger charge is 2.09. The summed E-state index contributed by atoms with van der Waals surface area (Å²) in [6.07, 6.45) is 0.757. The molecule has 0 N–H and O–H groups in total. The highest BCUT2D eigenvalue weighted by Crippen LogP contribution is 2.28. The number of Topliss-reactive ketones (excluding diaryl/α,β-unsaturated/α-hetero) is 1. The summed E-state index contributed by atoms with van der Waals surface area (Å²) in [5, 5.41) is 2.13. The van der Waals surface area contributed by atoms with E-state index in [-0.39, 0.29) is 24.8 Å². The fourth-order valence-corrected chi connectivity index (χ4v) is 3.13. The number of rotatable bonds is 10. The average Bonchev–Trinajstić information content (AvgIpc) is 2.79. The smallest absolute Gasteiger partial charge is 0.306 e. The van der Waals surface area contributed by atoms with E-state index in [0.717, 1.165) is 22.1 Å². The molecule has 0 saturated heterocycles. The molecule has 0 heterocycles. The lowest BCUT2D eigenvalue weighted by Gasteiger charge is -2.11. The van der Waals surface area contributed by atoms with Gasteiger partial charge in [0.2, 0.25) is 0 Å². The molecule has 3 rings (SSSR count). The molecule has 0 bridgehead atoms. The van der Waals surface area contributed by atoms with Gasteiger partial charge in [-0.15, -0.1) is 0 Å². The maximum absolute atomic E-state index is 12.1. The molecule has 0 atom stereocenters. The van der Waals surface area contributed by atoms with E-state index >= 15 is 0 Å². The second-order valence-electron chi connectivity index (χ2n) is 7.08. The fraction of sp³-hybridized carbons (Fsp3) is 0.280. The van der Waals surface area contributed by atoms with Crippen molar-refractivity contribution in [2.24, 2.45) is 0 Å². The molecule has 3 aromatic carbocycles. The number of esters is 1. The number of hydrogen-bond donors (Lipinski definition) is 0. The first-order chi connectivity index (χ1) is 15.0. The molecule has 0 aliphatic carbocycles. The minimum atomic E-state index is -0.280. The molecule has 31 heavy (non-hydrogen) atoms. The Morgan fingerprint density at radius 1 is 0.839 bits per heavy atom. The second-order valence-corrected chi connectivity index (χ2v) is 7.08. The highest BCUT2D eigenvalue weighted by atomic mass is 16.5. The van der Waals surface area contributed by atoms with Crippen LogP contribution in [0.4, 0.5) is 0 Å². The van der Waals surface area contributed by atoms with Crippen molar-refractivity contribution >= 4 is 22.5 Å². The molecule has 162 valence electrons. The van der Waals surface area contributed by atoms with Crippen LogP contribution in [-0.4, -0.2) is 32.6 Å². The van der Waals surface area contributed by atoms with Crippen LogP contribution in [0.5, 0.6) is 17.2 Å². The number of benzene rings is 3. The SMILES string of the molecule is COc1ccc2cc(COC(=O)CCCOc3ccc(C(C)=O)cc3OC)ccc2c1. The van der Waals surface area contributed by atoms with Crippen LogP contribution in [0, 0.1) is 0 Å². The zero-order valence-corrected chi connectivity index (χ0v) is 18.0. The van der Waals surface area contributed by atoms with Gasteiger partial charge in [-0.05, 0) is 66.1 Å². The molecular weight excluding hydrogens is 396 g/mol. The Hall–Kier alpha value is -3.54. The predicted molar refractivity (Wildman–Crippen MR) is 118 cm³/mol. The van der Waals surface area contributed by atoms with Gasteiger partial charge in [-0.3, -0.25) is 9.59 Å². The van der Waals surface area contributed by atoms with E-state index in [1.807, 2.05) is 36.4 Å². The average molecular weight is 422 g/mol. The van der Waals surface area contributed by atoms with E-state index in [0.29, 0.717) is 30.1 Å². The number of carbonyl (C=O) groups is 2. The van der Waals surface area contributed by atoms with E-state index in [9.17, 15) is 9.59 Å². The number of hydrogen-bond acceptors (Lipinski definition) is 6. The number of ether oxygens (including phenoxy) is 4. The van der Waals surface area contributed by atoms with Crippen LogP contribution in [0.25, 0.3) is 10.8 Å². The summed E-state index contributed by atoms with van der Waals surface area (Å²) in [6.45, 7) is 2.06. The van der Waals surface area contributed by atoms with Crippen molar-refractivity contribution in [3.63, 3.8) is 0 Å². The molecule has 6 heteroatoms. The summed E-state index contributed by atoms with van der Waals surface area (Å²) in [4.78, 5) is 23.5. The first kappa shape index (κ1) is 22.2. The van der Waals surface area contributed by atoms with Gasteiger partial charge in [-0.1, -0.05) is 18.2 Å². The van der Waals surface area contributed by atoms with Crippen molar-refractivity contribution in [1.29, 1.82) is 0 Å². The molecular formula is C25H26O6. The van der Waals surface area contributed by atoms with Crippen molar-refractivity contribution < 1.29 is 28.5 Å². The number of methoxy groups -OCH3 is 2. The molecule has 0 aliphatic rings. The molecule has 6 nitrogen and oxygen atoms in total. The third-order valence-electron chi connectivity index (χ3n) is 4.86. The van der Waals surface area contributed by atoms with Gasteiger partial charge in [0.25, 0.3) is 0 Å². The van der Waals surface area contributed by atoms with Crippen LogP contribution in [0.3, 0.4) is 0 Å². The van der Waals surface area contributed by atoms with Gasteiger partial charge >= 0.3 is 5.97 Å². The second kappa shape index (κ2) is 10.5. The largest absolute Gasteiger partial charge is 0.497 e. The van der Waals surface area contributed by atoms with Gasteiger partial charge in [0.15, 0.2) is 17.3 Å². The lowest BCUT2D eigenvalue weighted by atomic mass is 10.1. The minimum Gasteiger partial charge on any atom is -0.497 e. The van der Waals surface area contributed by atoms with Gasteiger partial charge in [0.1, 0.15) is 12.4 Å². The van der Waals surface area contributed by atoms with Crippen molar-refractivity contribution in [2.45, 2.75) is 26.4 Å². The van der Waals surface area contributed by atoms with Crippen LogP contribution in [-0.2, 0) is 16.1 Å². The third-order valence-corrected chi connectivity index (χ3v) is 4.86. The summed E-state index contributed by atoms with van der Waals surface area (Å²) in [5.74, 6) is 1.51. The minimum absolute atomic E-state index is 0.0428. The van der Waals surface area contributed by atoms with Gasteiger partial charge in [-0.2, -0.15) is 0 Å².